The first-order valence-corrected chi connectivity index (χ1v) is 5.99. The predicted octanol–water partition coefficient (Wildman–Crippen LogP) is 4.44. The van der Waals surface area contributed by atoms with E-state index in [9.17, 15) is 9.18 Å². The third-order valence-corrected chi connectivity index (χ3v) is 3.01. The zero-order chi connectivity index (χ0) is 12.4. The Balaban J connectivity index is 2.37. The van der Waals surface area contributed by atoms with Crippen molar-refractivity contribution in [3.8, 4) is 11.3 Å². The summed E-state index contributed by atoms with van der Waals surface area (Å²) in [6, 6.07) is 7.93. The Morgan fingerprint density at radius 1 is 1.35 bits per heavy atom. The quantitative estimate of drug-likeness (QED) is 0.784. The highest BCUT2D eigenvalue weighted by Crippen LogP contribution is 2.27. The maximum absolute atomic E-state index is 13.1. The fourth-order valence-corrected chi connectivity index (χ4v) is 1.85. The van der Waals surface area contributed by atoms with Crippen LogP contribution in [0.3, 0.4) is 0 Å². The number of halogens is 2. The number of hydrogen-bond donors (Lipinski definition) is 0. The standard InChI is InChI=1S/C13H10BrFO2/c1-2-11(16)13-6-5-12(17-13)8-3-4-10(15)9(14)7-8/h3-7H,2H2,1H3. The van der Waals surface area contributed by atoms with Gasteiger partial charge in [-0.3, -0.25) is 4.79 Å². The van der Waals surface area contributed by atoms with E-state index in [1.54, 1.807) is 31.2 Å². The lowest BCUT2D eigenvalue weighted by molar-refractivity contribution is 0.0962. The van der Waals surface area contributed by atoms with Crippen molar-refractivity contribution in [2.45, 2.75) is 13.3 Å². The Labute approximate surface area is 107 Å². The molecule has 2 nitrogen and oxygen atoms in total. The molecule has 0 N–H and O–H groups in total. The van der Waals surface area contributed by atoms with Crippen LogP contribution >= 0.6 is 15.9 Å². The zero-order valence-corrected chi connectivity index (χ0v) is 10.8. The minimum atomic E-state index is -0.329. The second-order valence-corrected chi connectivity index (χ2v) is 4.42. The van der Waals surface area contributed by atoms with Crippen molar-refractivity contribution in [3.05, 3.63) is 46.4 Å². The van der Waals surface area contributed by atoms with Gasteiger partial charge in [-0.15, -0.1) is 0 Å². The lowest BCUT2D eigenvalue weighted by atomic mass is 10.2. The second-order valence-electron chi connectivity index (χ2n) is 3.57. The molecule has 0 bridgehead atoms. The number of carbonyl (C=O) groups is 1. The average Bonchev–Trinajstić information content (AvgIpc) is 2.81. The Hall–Kier alpha value is -1.42. The van der Waals surface area contributed by atoms with Crippen LogP contribution in [0.15, 0.2) is 39.2 Å². The molecule has 0 saturated heterocycles. The summed E-state index contributed by atoms with van der Waals surface area (Å²) < 4.78 is 18.9. The van der Waals surface area contributed by atoms with E-state index in [0.717, 1.165) is 5.56 Å². The third kappa shape index (κ3) is 2.47. The number of hydrogen-bond acceptors (Lipinski definition) is 2. The highest BCUT2D eigenvalue weighted by atomic mass is 79.9. The number of furan rings is 1. The summed E-state index contributed by atoms with van der Waals surface area (Å²) in [4.78, 5) is 11.4. The average molecular weight is 297 g/mol. The molecule has 0 aliphatic rings. The maximum Gasteiger partial charge on any atom is 0.197 e. The molecule has 4 heteroatoms. The first-order chi connectivity index (χ1) is 8.11. The third-order valence-electron chi connectivity index (χ3n) is 2.41. The first kappa shape index (κ1) is 12.0. The van der Waals surface area contributed by atoms with Crippen LogP contribution in [0.4, 0.5) is 4.39 Å². The minimum absolute atomic E-state index is 0.0440. The normalized spacial score (nSPS) is 10.5. The summed E-state index contributed by atoms with van der Waals surface area (Å²) in [6.07, 6.45) is 0.403. The van der Waals surface area contributed by atoms with Gasteiger partial charge in [-0.1, -0.05) is 6.92 Å². The van der Waals surface area contributed by atoms with Crippen LogP contribution in [0, 0.1) is 5.82 Å². The van der Waals surface area contributed by atoms with E-state index in [-0.39, 0.29) is 11.6 Å². The van der Waals surface area contributed by atoms with Gasteiger partial charge in [0, 0.05) is 12.0 Å². The molecule has 0 saturated carbocycles. The SMILES string of the molecule is CCC(=O)c1ccc(-c2ccc(F)c(Br)c2)o1. The number of carbonyl (C=O) groups excluding carboxylic acids is 1. The lowest BCUT2D eigenvalue weighted by Crippen LogP contribution is -1.92. The van der Waals surface area contributed by atoms with Gasteiger partial charge in [-0.05, 0) is 46.3 Å². The van der Waals surface area contributed by atoms with E-state index in [2.05, 4.69) is 15.9 Å². The number of rotatable bonds is 3. The van der Waals surface area contributed by atoms with Crippen molar-refractivity contribution in [2.24, 2.45) is 0 Å². The van der Waals surface area contributed by atoms with Crippen LogP contribution in [0.25, 0.3) is 11.3 Å². The molecule has 17 heavy (non-hydrogen) atoms. The van der Waals surface area contributed by atoms with Crippen molar-refractivity contribution in [1.29, 1.82) is 0 Å². The summed E-state index contributed by atoms with van der Waals surface area (Å²) in [6.45, 7) is 1.78. The molecule has 0 fully saturated rings. The molecule has 1 aromatic carbocycles. The fourth-order valence-electron chi connectivity index (χ4n) is 1.47. The summed E-state index contributed by atoms with van der Waals surface area (Å²) in [5.41, 5.74) is 0.730. The fraction of sp³-hybridized carbons (Fsp3) is 0.154. The Morgan fingerprint density at radius 3 is 2.76 bits per heavy atom. The van der Waals surface area contributed by atoms with Gasteiger partial charge in [0.2, 0.25) is 0 Å². The first-order valence-electron chi connectivity index (χ1n) is 5.20. The van der Waals surface area contributed by atoms with Crippen LogP contribution in [0.2, 0.25) is 0 Å². The minimum Gasteiger partial charge on any atom is -0.453 e. The van der Waals surface area contributed by atoms with Crippen LogP contribution < -0.4 is 0 Å². The van der Waals surface area contributed by atoms with Gasteiger partial charge in [-0.2, -0.15) is 0 Å². The summed E-state index contributed by atoms with van der Waals surface area (Å²) >= 11 is 3.11. The summed E-state index contributed by atoms with van der Waals surface area (Å²) in [7, 11) is 0. The molecule has 0 aliphatic heterocycles. The van der Waals surface area contributed by atoms with Gasteiger partial charge in [-0.25, -0.2) is 4.39 Å². The van der Waals surface area contributed by atoms with Crippen molar-refractivity contribution < 1.29 is 13.6 Å². The molecule has 0 radical (unpaired) electrons. The molecular formula is C13H10BrFO2. The van der Waals surface area contributed by atoms with Gasteiger partial charge in [0.15, 0.2) is 11.5 Å². The van der Waals surface area contributed by atoms with E-state index in [0.29, 0.717) is 22.4 Å². The van der Waals surface area contributed by atoms with Crippen LogP contribution in [-0.2, 0) is 0 Å². The van der Waals surface area contributed by atoms with E-state index >= 15 is 0 Å². The second kappa shape index (κ2) is 4.84. The van der Waals surface area contributed by atoms with Gasteiger partial charge in [0.25, 0.3) is 0 Å². The van der Waals surface area contributed by atoms with Crippen LogP contribution in [-0.4, -0.2) is 5.78 Å². The van der Waals surface area contributed by atoms with Crippen molar-refractivity contribution in [1.82, 2.24) is 0 Å². The molecule has 2 aromatic rings. The number of benzene rings is 1. The molecule has 0 amide bonds. The van der Waals surface area contributed by atoms with E-state index in [1.165, 1.54) is 6.07 Å². The molecule has 1 aromatic heterocycles. The molecule has 0 aliphatic carbocycles. The summed E-state index contributed by atoms with van der Waals surface area (Å²) in [5, 5.41) is 0. The molecular weight excluding hydrogens is 287 g/mol. The molecule has 0 unspecified atom stereocenters. The number of Topliss-reactive ketones (excluding diaryl/α,β-unsaturated/α-hetero) is 1. The molecule has 88 valence electrons. The van der Waals surface area contributed by atoms with Gasteiger partial charge >= 0.3 is 0 Å². The van der Waals surface area contributed by atoms with Crippen molar-refractivity contribution in [2.75, 3.05) is 0 Å². The molecule has 1 heterocycles. The smallest absolute Gasteiger partial charge is 0.197 e. The van der Waals surface area contributed by atoms with Gasteiger partial charge in [0.05, 0.1) is 4.47 Å². The topological polar surface area (TPSA) is 30.2 Å². The van der Waals surface area contributed by atoms with Crippen LogP contribution in [0.1, 0.15) is 23.9 Å². The predicted molar refractivity (Wildman–Crippen MR) is 66.4 cm³/mol. The van der Waals surface area contributed by atoms with Gasteiger partial charge in [0.1, 0.15) is 11.6 Å². The summed E-state index contributed by atoms with van der Waals surface area (Å²) in [5.74, 6) is 0.521. The maximum atomic E-state index is 13.1. The van der Waals surface area contributed by atoms with E-state index < -0.39 is 0 Å². The molecule has 0 atom stereocenters. The van der Waals surface area contributed by atoms with Crippen LogP contribution in [0.5, 0.6) is 0 Å². The molecule has 2 rings (SSSR count). The Bertz CT molecular complexity index is 560. The molecule has 0 spiro atoms. The Kier molecular flexibility index (Phi) is 3.43. The number of ketones is 1. The zero-order valence-electron chi connectivity index (χ0n) is 9.17. The van der Waals surface area contributed by atoms with E-state index in [4.69, 9.17) is 4.42 Å². The Morgan fingerprint density at radius 2 is 2.12 bits per heavy atom. The van der Waals surface area contributed by atoms with Gasteiger partial charge < -0.3 is 4.42 Å². The monoisotopic (exact) mass is 296 g/mol. The van der Waals surface area contributed by atoms with Crippen molar-refractivity contribution >= 4 is 21.7 Å². The highest BCUT2D eigenvalue weighted by molar-refractivity contribution is 9.10. The largest absolute Gasteiger partial charge is 0.453 e. The lowest BCUT2D eigenvalue weighted by Gasteiger charge is -1.99. The van der Waals surface area contributed by atoms with E-state index in [1.807, 2.05) is 0 Å². The van der Waals surface area contributed by atoms with Crippen molar-refractivity contribution in [3.63, 3.8) is 0 Å². The highest BCUT2D eigenvalue weighted by Gasteiger charge is 2.11.